The molecule has 0 aliphatic rings. The molecule has 0 radical (unpaired) electrons. The summed E-state index contributed by atoms with van der Waals surface area (Å²) in [6.45, 7) is 0.979. The van der Waals surface area contributed by atoms with E-state index in [0.717, 1.165) is 6.07 Å². The van der Waals surface area contributed by atoms with Crippen molar-refractivity contribution >= 4 is 23.3 Å². The SMILES string of the molecule is Cc1ccc(NC(=O)COC(=O)c2ccccc2F)c([N+](=O)[O-])c1. The van der Waals surface area contributed by atoms with Crippen LogP contribution in [0.25, 0.3) is 0 Å². The summed E-state index contributed by atoms with van der Waals surface area (Å²) in [5.74, 6) is -2.54. The summed E-state index contributed by atoms with van der Waals surface area (Å²) in [5.41, 5.74) is 0.0682. The molecule has 0 unspecified atom stereocenters. The first-order valence-corrected chi connectivity index (χ1v) is 6.85. The lowest BCUT2D eigenvalue weighted by molar-refractivity contribution is -0.384. The monoisotopic (exact) mass is 332 g/mol. The second kappa shape index (κ2) is 7.32. The molecule has 1 amide bonds. The van der Waals surface area contributed by atoms with Gasteiger partial charge in [0.1, 0.15) is 11.5 Å². The minimum absolute atomic E-state index is 0.0162. The van der Waals surface area contributed by atoms with Crippen molar-refractivity contribution in [2.45, 2.75) is 6.92 Å². The summed E-state index contributed by atoms with van der Waals surface area (Å²) in [6, 6.07) is 9.45. The highest BCUT2D eigenvalue weighted by atomic mass is 19.1. The fraction of sp³-hybridized carbons (Fsp3) is 0.125. The Morgan fingerprint density at radius 3 is 2.62 bits per heavy atom. The minimum Gasteiger partial charge on any atom is -0.452 e. The number of ether oxygens (including phenoxy) is 1. The van der Waals surface area contributed by atoms with Gasteiger partial charge in [0.05, 0.1) is 10.5 Å². The quantitative estimate of drug-likeness (QED) is 0.516. The average Bonchev–Trinajstić information content (AvgIpc) is 2.54. The Bertz CT molecular complexity index is 807. The topological polar surface area (TPSA) is 98.5 Å². The van der Waals surface area contributed by atoms with Crippen LogP contribution in [0, 0.1) is 22.9 Å². The summed E-state index contributed by atoms with van der Waals surface area (Å²) in [5, 5.41) is 13.3. The van der Waals surface area contributed by atoms with Crippen LogP contribution in [0.5, 0.6) is 0 Å². The summed E-state index contributed by atoms with van der Waals surface area (Å²) in [6.07, 6.45) is 0. The Balaban J connectivity index is 2.01. The van der Waals surface area contributed by atoms with Crippen LogP contribution in [-0.4, -0.2) is 23.4 Å². The zero-order valence-corrected chi connectivity index (χ0v) is 12.6. The first-order chi connectivity index (χ1) is 11.4. The lowest BCUT2D eigenvalue weighted by atomic mass is 10.2. The number of carbonyl (C=O) groups excluding carboxylic acids is 2. The predicted molar refractivity (Wildman–Crippen MR) is 83.1 cm³/mol. The number of nitro benzene ring substituents is 1. The first kappa shape index (κ1) is 17.1. The number of amides is 1. The highest BCUT2D eigenvalue weighted by molar-refractivity contribution is 5.96. The number of benzene rings is 2. The van der Waals surface area contributed by atoms with Crippen molar-refractivity contribution in [1.29, 1.82) is 0 Å². The van der Waals surface area contributed by atoms with Crippen molar-refractivity contribution in [3.63, 3.8) is 0 Å². The van der Waals surface area contributed by atoms with Crippen LogP contribution in [0.1, 0.15) is 15.9 Å². The Labute approximate surface area is 136 Å². The molecule has 1 N–H and O–H groups in total. The van der Waals surface area contributed by atoms with E-state index in [2.05, 4.69) is 5.32 Å². The molecule has 0 aliphatic carbocycles. The van der Waals surface area contributed by atoms with E-state index in [1.54, 1.807) is 13.0 Å². The number of anilines is 1. The second-order valence-electron chi connectivity index (χ2n) is 4.88. The molecule has 0 saturated carbocycles. The summed E-state index contributed by atoms with van der Waals surface area (Å²) in [7, 11) is 0. The third-order valence-corrected chi connectivity index (χ3v) is 3.05. The number of hydrogen-bond acceptors (Lipinski definition) is 5. The Kier molecular flexibility index (Phi) is 5.20. The zero-order valence-electron chi connectivity index (χ0n) is 12.6. The molecule has 0 bridgehead atoms. The van der Waals surface area contributed by atoms with Crippen molar-refractivity contribution in [3.8, 4) is 0 Å². The summed E-state index contributed by atoms with van der Waals surface area (Å²) >= 11 is 0. The van der Waals surface area contributed by atoms with Gasteiger partial charge in [0.15, 0.2) is 6.61 Å². The largest absolute Gasteiger partial charge is 0.452 e. The number of carbonyl (C=O) groups is 2. The molecule has 0 aliphatic heterocycles. The number of nitrogens with one attached hydrogen (secondary N) is 1. The smallest absolute Gasteiger partial charge is 0.341 e. The lowest BCUT2D eigenvalue weighted by Gasteiger charge is -2.08. The molecule has 0 saturated heterocycles. The molecule has 0 aromatic heterocycles. The van der Waals surface area contributed by atoms with Crippen molar-refractivity contribution in [1.82, 2.24) is 0 Å². The van der Waals surface area contributed by atoms with Crippen LogP contribution >= 0.6 is 0 Å². The molecular weight excluding hydrogens is 319 g/mol. The van der Waals surface area contributed by atoms with Gasteiger partial charge in [-0.25, -0.2) is 9.18 Å². The van der Waals surface area contributed by atoms with Gasteiger partial charge in [0.2, 0.25) is 0 Å². The molecule has 0 spiro atoms. The van der Waals surface area contributed by atoms with E-state index < -0.39 is 29.2 Å². The van der Waals surface area contributed by atoms with E-state index >= 15 is 0 Å². The van der Waals surface area contributed by atoms with E-state index in [1.165, 1.54) is 30.3 Å². The standard InChI is InChI=1S/C16H13FN2O5/c1-10-6-7-13(14(8-10)19(22)23)18-15(20)9-24-16(21)11-4-2-3-5-12(11)17/h2-8H,9H2,1H3,(H,18,20). The van der Waals surface area contributed by atoms with Crippen molar-refractivity contribution in [2.75, 3.05) is 11.9 Å². The summed E-state index contributed by atoms with van der Waals surface area (Å²) in [4.78, 5) is 33.8. The third kappa shape index (κ3) is 4.13. The molecule has 0 fully saturated rings. The van der Waals surface area contributed by atoms with Crippen molar-refractivity contribution in [3.05, 3.63) is 69.5 Å². The number of halogens is 1. The van der Waals surface area contributed by atoms with Gasteiger partial charge >= 0.3 is 5.97 Å². The molecule has 0 atom stereocenters. The number of hydrogen-bond donors (Lipinski definition) is 1. The predicted octanol–water partition coefficient (Wildman–Crippen LogP) is 2.84. The number of rotatable bonds is 5. The van der Waals surface area contributed by atoms with Gasteiger partial charge in [-0.05, 0) is 30.7 Å². The molecule has 124 valence electrons. The number of aryl methyl sites for hydroxylation is 1. The zero-order chi connectivity index (χ0) is 17.7. The van der Waals surface area contributed by atoms with Crippen LogP contribution < -0.4 is 5.32 Å². The molecule has 24 heavy (non-hydrogen) atoms. The number of esters is 1. The minimum atomic E-state index is -0.998. The third-order valence-electron chi connectivity index (χ3n) is 3.05. The molecular formula is C16H13FN2O5. The van der Waals surface area contributed by atoms with Gasteiger partial charge in [0, 0.05) is 6.07 Å². The Morgan fingerprint density at radius 1 is 1.25 bits per heavy atom. The fourth-order valence-electron chi connectivity index (χ4n) is 1.92. The van der Waals surface area contributed by atoms with E-state index in [4.69, 9.17) is 4.74 Å². The van der Waals surface area contributed by atoms with E-state index in [9.17, 15) is 24.1 Å². The van der Waals surface area contributed by atoms with E-state index in [-0.39, 0.29) is 16.9 Å². The van der Waals surface area contributed by atoms with Crippen molar-refractivity contribution < 1.29 is 23.6 Å². The van der Waals surface area contributed by atoms with Crippen molar-refractivity contribution in [2.24, 2.45) is 0 Å². The van der Waals surface area contributed by atoms with E-state index in [1.807, 2.05) is 0 Å². The van der Waals surface area contributed by atoms with Gasteiger partial charge in [-0.15, -0.1) is 0 Å². The number of nitrogens with zero attached hydrogens (tertiary/aromatic N) is 1. The maximum absolute atomic E-state index is 13.4. The maximum atomic E-state index is 13.4. The average molecular weight is 332 g/mol. The van der Waals surface area contributed by atoms with Crippen LogP contribution in [0.4, 0.5) is 15.8 Å². The Hall–Kier alpha value is -3.29. The highest BCUT2D eigenvalue weighted by Crippen LogP contribution is 2.25. The Morgan fingerprint density at radius 2 is 1.96 bits per heavy atom. The molecule has 2 aromatic carbocycles. The number of nitro groups is 1. The fourth-order valence-corrected chi connectivity index (χ4v) is 1.92. The van der Waals surface area contributed by atoms with Gasteiger partial charge in [-0.3, -0.25) is 14.9 Å². The van der Waals surface area contributed by atoms with Gasteiger partial charge in [-0.2, -0.15) is 0 Å². The normalized spacial score (nSPS) is 10.1. The van der Waals surface area contributed by atoms with E-state index in [0.29, 0.717) is 5.56 Å². The lowest BCUT2D eigenvalue weighted by Crippen LogP contribution is -2.21. The van der Waals surface area contributed by atoms with Crippen LogP contribution in [0.2, 0.25) is 0 Å². The van der Waals surface area contributed by atoms with Crippen LogP contribution in [0.3, 0.4) is 0 Å². The van der Waals surface area contributed by atoms with Crippen LogP contribution in [0.15, 0.2) is 42.5 Å². The molecule has 2 rings (SSSR count). The maximum Gasteiger partial charge on any atom is 0.341 e. The van der Waals surface area contributed by atoms with Gasteiger partial charge in [-0.1, -0.05) is 18.2 Å². The van der Waals surface area contributed by atoms with Crippen LogP contribution in [-0.2, 0) is 9.53 Å². The molecule has 0 heterocycles. The molecule has 2 aromatic rings. The molecule has 8 heteroatoms. The summed E-state index contributed by atoms with van der Waals surface area (Å²) < 4.78 is 18.1. The van der Waals surface area contributed by atoms with Gasteiger partial charge < -0.3 is 10.1 Å². The van der Waals surface area contributed by atoms with Gasteiger partial charge in [0.25, 0.3) is 11.6 Å². The molecule has 7 nitrogen and oxygen atoms in total. The second-order valence-corrected chi connectivity index (χ2v) is 4.88. The highest BCUT2D eigenvalue weighted by Gasteiger charge is 2.18. The first-order valence-electron chi connectivity index (χ1n) is 6.85.